The lowest BCUT2D eigenvalue weighted by molar-refractivity contribution is 0.0947. The molecule has 2 aromatic heterocycles. The smallest absolute Gasteiger partial charge is 0.255 e. The minimum Gasteiger partial charge on any atom is -0.496 e. The number of halogens is 3. The minimum absolute atomic E-state index is 0.111. The molecule has 4 heterocycles. The molecule has 6 rings (SSSR count). The Hall–Kier alpha value is -3.15. The van der Waals surface area contributed by atoms with E-state index in [1.807, 2.05) is 4.40 Å². The number of thiazole rings is 1. The standard InChI is InChI=1S/C29H32F3N5O2S/c1-39-24-15-23-25(14-20(24)28(38)34-10-3-11-36-12-7-17(30)8-13-36)40-29-35-22(16-37(23)29)19-6-5-18(26(31)27(19)32)21-4-2-9-33-21/h5-6,14-17,21,33H,2-4,7-13H2,1H3,(H,34,38). The van der Waals surface area contributed by atoms with Crippen LogP contribution in [0, 0.1) is 11.6 Å². The zero-order valence-corrected chi connectivity index (χ0v) is 23.1. The summed E-state index contributed by atoms with van der Waals surface area (Å²) >= 11 is 1.36. The Labute approximate surface area is 234 Å². The summed E-state index contributed by atoms with van der Waals surface area (Å²) < 4.78 is 51.6. The third-order valence-corrected chi connectivity index (χ3v) is 8.96. The number of ether oxygens (including phenoxy) is 1. The average Bonchev–Trinajstić information content (AvgIpc) is 3.70. The molecule has 1 amide bonds. The van der Waals surface area contributed by atoms with E-state index in [1.54, 1.807) is 30.5 Å². The molecule has 0 bridgehead atoms. The number of alkyl halides is 1. The second kappa shape index (κ2) is 11.4. The van der Waals surface area contributed by atoms with E-state index in [2.05, 4.69) is 20.5 Å². The average molecular weight is 572 g/mol. The summed E-state index contributed by atoms with van der Waals surface area (Å²) in [5.41, 5.74) is 1.98. The number of aromatic nitrogens is 2. The van der Waals surface area contributed by atoms with E-state index < -0.39 is 17.8 Å². The molecule has 0 saturated carbocycles. The molecule has 0 spiro atoms. The van der Waals surface area contributed by atoms with Crippen molar-refractivity contribution in [2.24, 2.45) is 0 Å². The predicted molar refractivity (Wildman–Crippen MR) is 150 cm³/mol. The quantitative estimate of drug-likeness (QED) is 0.274. The maximum Gasteiger partial charge on any atom is 0.255 e. The van der Waals surface area contributed by atoms with Gasteiger partial charge in [0.25, 0.3) is 5.91 Å². The van der Waals surface area contributed by atoms with Crippen molar-refractivity contribution in [2.75, 3.05) is 39.8 Å². The van der Waals surface area contributed by atoms with Crippen molar-refractivity contribution >= 4 is 32.4 Å². The van der Waals surface area contributed by atoms with E-state index in [4.69, 9.17) is 4.74 Å². The SMILES string of the molecule is COc1cc2c(cc1C(=O)NCCCN1CCC(F)CC1)sc1nc(-c3ccc(C4CCCN4)c(F)c3F)cn12. The lowest BCUT2D eigenvalue weighted by Gasteiger charge is -2.28. The van der Waals surface area contributed by atoms with Crippen LogP contribution in [0.15, 0.2) is 30.5 Å². The van der Waals surface area contributed by atoms with Gasteiger partial charge in [-0.15, -0.1) is 0 Å². The molecule has 40 heavy (non-hydrogen) atoms. The number of carbonyl (C=O) groups excluding carboxylic acids is 1. The Morgan fingerprint density at radius 1 is 1.20 bits per heavy atom. The second-order valence-corrected chi connectivity index (χ2v) is 11.5. The van der Waals surface area contributed by atoms with Gasteiger partial charge in [-0.1, -0.05) is 17.4 Å². The molecule has 4 aromatic rings. The van der Waals surface area contributed by atoms with Crippen LogP contribution in [0.5, 0.6) is 5.75 Å². The number of nitrogens with one attached hydrogen (secondary N) is 2. The molecule has 2 aliphatic rings. The van der Waals surface area contributed by atoms with Gasteiger partial charge in [-0.2, -0.15) is 0 Å². The van der Waals surface area contributed by atoms with Gasteiger partial charge in [0.05, 0.1) is 28.6 Å². The number of hydrogen-bond donors (Lipinski definition) is 2. The maximum atomic E-state index is 15.1. The topological polar surface area (TPSA) is 70.9 Å². The van der Waals surface area contributed by atoms with Crippen molar-refractivity contribution < 1.29 is 22.7 Å². The molecular formula is C29H32F3N5O2S. The van der Waals surface area contributed by atoms with Crippen molar-refractivity contribution in [1.29, 1.82) is 0 Å². The summed E-state index contributed by atoms with van der Waals surface area (Å²) in [7, 11) is 1.51. The normalized spacial score (nSPS) is 18.6. The van der Waals surface area contributed by atoms with E-state index >= 15 is 4.39 Å². The van der Waals surface area contributed by atoms with Gasteiger partial charge in [0.15, 0.2) is 16.6 Å². The fourth-order valence-corrected chi connectivity index (χ4v) is 6.74. The van der Waals surface area contributed by atoms with Crippen LogP contribution in [0.3, 0.4) is 0 Å². The summed E-state index contributed by atoms with van der Waals surface area (Å²) in [6, 6.07) is 6.61. The summed E-state index contributed by atoms with van der Waals surface area (Å²) in [5.74, 6) is -1.55. The molecule has 1 unspecified atom stereocenters. The van der Waals surface area contributed by atoms with E-state index in [9.17, 15) is 13.6 Å². The number of methoxy groups -OCH3 is 1. The highest BCUT2D eigenvalue weighted by atomic mass is 32.1. The minimum atomic E-state index is -0.898. The number of amides is 1. The van der Waals surface area contributed by atoms with Gasteiger partial charge in [-0.25, -0.2) is 18.2 Å². The number of benzene rings is 2. The molecular weight excluding hydrogens is 539 g/mol. The lowest BCUT2D eigenvalue weighted by atomic mass is 10.0. The number of piperidine rings is 1. The zero-order valence-electron chi connectivity index (χ0n) is 22.3. The Morgan fingerprint density at radius 2 is 2.02 bits per heavy atom. The van der Waals surface area contributed by atoms with Gasteiger partial charge in [0.1, 0.15) is 11.9 Å². The molecule has 2 saturated heterocycles. The Bertz CT molecular complexity index is 1540. The van der Waals surface area contributed by atoms with Crippen LogP contribution in [0.2, 0.25) is 0 Å². The first-order valence-electron chi connectivity index (χ1n) is 13.8. The third kappa shape index (κ3) is 5.17. The number of rotatable bonds is 8. The monoisotopic (exact) mass is 571 g/mol. The van der Waals surface area contributed by atoms with Crippen LogP contribution in [-0.4, -0.2) is 66.2 Å². The number of hydrogen-bond acceptors (Lipinski definition) is 6. The Balaban J connectivity index is 1.20. The molecule has 1 atom stereocenters. The number of nitrogens with zero attached hydrogens (tertiary/aromatic N) is 3. The summed E-state index contributed by atoms with van der Waals surface area (Å²) in [5, 5.41) is 6.17. The van der Waals surface area contributed by atoms with Gasteiger partial charge in [0, 0.05) is 49.1 Å². The van der Waals surface area contributed by atoms with Crippen LogP contribution in [0.1, 0.15) is 54.1 Å². The van der Waals surface area contributed by atoms with E-state index in [1.165, 1.54) is 18.4 Å². The summed E-state index contributed by atoms with van der Waals surface area (Å²) in [6.07, 6.45) is 4.64. The largest absolute Gasteiger partial charge is 0.496 e. The number of fused-ring (bicyclic) bond motifs is 3. The molecule has 7 nitrogen and oxygen atoms in total. The van der Waals surface area contributed by atoms with Gasteiger partial charge >= 0.3 is 0 Å². The molecule has 212 valence electrons. The van der Waals surface area contributed by atoms with Gasteiger partial charge in [0.2, 0.25) is 0 Å². The van der Waals surface area contributed by atoms with Crippen molar-refractivity contribution in [2.45, 2.75) is 44.3 Å². The Kier molecular flexibility index (Phi) is 7.69. The van der Waals surface area contributed by atoms with Crippen LogP contribution >= 0.6 is 11.3 Å². The van der Waals surface area contributed by atoms with E-state index in [0.29, 0.717) is 46.9 Å². The van der Waals surface area contributed by atoms with Crippen molar-refractivity contribution in [3.63, 3.8) is 0 Å². The highest BCUT2D eigenvalue weighted by Crippen LogP contribution is 2.36. The van der Waals surface area contributed by atoms with Crippen molar-refractivity contribution in [3.05, 3.63) is 53.2 Å². The van der Waals surface area contributed by atoms with Crippen LogP contribution in [0.4, 0.5) is 13.2 Å². The summed E-state index contributed by atoms with van der Waals surface area (Å²) in [6.45, 7) is 3.63. The number of imidazole rings is 1. The highest BCUT2D eigenvalue weighted by Gasteiger charge is 2.25. The van der Waals surface area contributed by atoms with E-state index in [-0.39, 0.29) is 17.5 Å². The summed E-state index contributed by atoms with van der Waals surface area (Å²) in [4.78, 5) is 20.4. The molecule has 2 fully saturated rings. The first kappa shape index (κ1) is 27.0. The molecule has 0 aliphatic carbocycles. The van der Waals surface area contributed by atoms with E-state index in [0.717, 1.165) is 55.7 Å². The fourth-order valence-electron chi connectivity index (χ4n) is 5.71. The van der Waals surface area contributed by atoms with Crippen LogP contribution < -0.4 is 15.4 Å². The van der Waals surface area contributed by atoms with Crippen molar-refractivity contribution in [3.8, 4) is 17.0 Å². The number of likely N-dealkylation sites (tertiary alicyclic amines) is 1. The maximum absolute atomic E-state index is 15.1. The van der Waals surface area contributed by atoms with Gasteiger partial charge in [-0.3, -0.25) is 9.20 Å². The fraction of sp³-hybridized carbons (Fsp3) is 0.448. The predicted octanol–water partition coefficient (Wildman–Crippen LogP) is 5.48. The zero-order chi connectivity index (χ0) is 27.8. The van der Waals surface area contributed by atoms with Gasteiger partial charge in [-0.05, 0) is 57.3 Å². The van der Waals surface area contributed by atoms with Crippen LogP contribution in [0.25, 0.3) is 26.4 Å². The molecule has 11 heteroatoms. The van der Waals surface area contributed by atoms with Crippen LogP contribution in [-0.2, 0) is 0 Å². The number of carbonyl (C=O) groups is 1. The first-order valence-corrected chi connectivity index (χ1v) is 14.6. The van der Waals surface area contributed by atoms with Gasteiger partial charge < -0.3 is 20.3 Å². The second-order valence-electron chi connectivity index (χ2n) is 10.5. The van der Waals surface area contributed by atoms with Crippen molar-refractivity contribution in [1.82, 2.24) is 24.9 Å². The first-order chi connectivity index (χ1) is 19.4. The molecule has 0 radical (unpaired) electrons. The lowest BCUT2D eigenvalue weighted by Crippen LogP contribution is -2.36. The molecule has 2 N–H and O–H groups in total. The third-order valence-electron chi connectivity index (χ3n) is 7.94. The molecule has 2 aromatic carbocycles. The highest BCUT2D eigenvalue weighted by molar-refractivity contribution is 7.23. The Morgan fingerprint density at radius 3 is 2.77 bits per heavy atom. The molecule has 2 aliphatic heterocycles.